The minimum Gasteiger partial charge on any atom is -0.382 e. The Labute approximate surface area is 65.6 Å². The van der Waals surface area contributed by atoms with E-state index in [1.165, 1.54) is 6.20 Å². The molecule has 0 atom stereocenters. The van der Waals surface area contributed by atoms with E-state index in [-0.39, 0.29) is 11.5 Å². The van der Waals surface area contributed by atoms with Crippen molar-refractivity contribution in [2.45, 2.75) is 0 Å². The topological polar surface area (TPSA) is 68.3 Å². The molecule has 0 bridgehead atoms. The molecule has 5 heteroatoms. The van der Waals surface area contributed by atoms with Crippen LogP contribution in [-0.2, 0) is 0 Å². The minimum atomic E-state index is 0.143. The molecule has 2 N–H and O–H groups in total. The number of pyridine rings is 1. The SMILES string of the molecule is Nc1nccc(Br)c1N=O. The number of nitrogens with two attached hydrogens (primary N) is 1. The van der Waals surface area contributed by atoms with Crippen LogP contribution in [0.15, 0.2) is 21.9 Å². The molecule has 0 amide bonds. The quantitative estimate of drug-likeness (QED) is 0.706. The lowest BCUT2D eigenvalue weighted by Gasteiger charge is -1.95. The highest BCUT2D eigenvalue weighted by Crippen LogP contribution is 2.28. The van der Waals surface area contributed by atoms with Gasteiger partial charge >= 0.3 is 0 Å². The molecular formula is C5H4BrN3O. The third-order valence-corrected chi connectivity index (χ3v) is 1.63. The van der Waals surface area contributed by atoms with E-state index in [1.807, 2.05) is 0 Å². The summed E-state index contributed by atoms with van der Waals surface area (Å²) in [6.07, 6.45) is 1.49. The molecule has 0 spiro atoms. The van der Waals surface area contributed by atoms with Crippen molar-refractivity contribution < 1.29 is 0 Å². The second-order valence-electron chi connectivity index (χ2n) is 1.62. The second kappa shape index (κ2) is 2.74. The van der Waals surface area contributed by atoms with E-state index < -0.39 is 0 Å². The molecule has 0 saturated heterocycles. The van der Waals surface area contributed by atoms with E-state index in [0.717, 1.165) is 0 Å². The van der Waals surface area contributed by atoms with E-state index in [2.05, 4.69) is 26.1 Å². The largest absolute Gasteiger partial charge is 0.382 e. The Morgan fingerprint density at radius 3 is 2.80 bits per heavy atom. The van der Waals surface area contributed by atoms with Gasteiger partial charge in [-0.25, -0.2) is 4.98 Å². The lowest BCUT2D eigenvalue weighted by atomic mass is 10.4. The molecular weight excluding hydrogens is 198 g/mol. The number of nitrogens with zero attached hydrogens (tertiary/aromatic N) is 2. The van der Waals surface area contributed by atoms with Gasteiger partial charge in [-0.3, -0.25) is 0 Å². The molecule has 0 fully saturated rings. The van der Waals surface area contributed by atoms with Gasteiger partial charge in [0.2, 0.25) is 0 Å². The van der Waals surface area contributed by atoms with Gasteiger partial charge in [-0.2, -0.15) is 0 Å². The van der Waals surface area contributed by atoms with Crippen LogP contribution in [0.4, 0.5) is 11.5 Å². The predicted molar refractivity (Wildman–Crippen MR) is 41.8 cm³/mol. The maximum atomic E-state index is 10.0. The monoisotopic (exact) mass is 201 g/mol. The van der Waals surface area contributed by atoms with Crippen LogP contribution in [0.3, 0.4) is 0 Å². The van der Waals surface area contributed by atoms with Crippen LogP contribution in [0.1, 0.15) is 0 Å². The highest BCUT2D eigenvalue weighted by atomic mass is 79.9. The molecule has 0 aliphatic heterocycles. The Hall–Kier alpha value is -0.970. The van der Waals surface area contributed by atoms with Crippen LogP contribution in [0.25, 0.3) is 0 Å². The standard InChI is InChI=1S/C5H4BrN3O/c6-3-1-2-8-5(7)4(3)9-10/h1-2H,(H2,7,8). The van der Waals surface area contributed by atoms with Crippen LogP contribution < -0.4 is 5.73 Å². The summed E-state index contributed by atoms with van der Waals surface area (Å²) >= 11 is 3.09. The number of hydrogen-bond donors (Lipinski definition) is 1. The van der Waals surface area contributed by atoms with Gasteiger partial charge in [-0.1, -0.05) is 0 Å². The summed E-state index contributed by atoms with van der Waals surface area (Å²) in [5.41, 5.74) is 5.45. The highest BCUT2D eigenvalue weighted by molar-refractivity contribution is 9.10. The molecule has 10 heavy (non-hydrogen) atoms. The zero-order valence-electron chi connectivity index (χ0n) is 4.91. The van der Waals surface area contributed by atoms with Crippen LogP contribution in [0.2, 0.25) is 0 Å². The molecule has 0 saturated carbocycles. The lowest BCUT2D eigenvalue weighted by Crippen LogP contribution is -1.88. The van der Waals surface area contributed by atoms with Gasteiger partial charge in [0.25, 0.3) is 0 Å². The third kappa shape index (κ3) is 1.13. The van der Waals surface area contributed by atoms with Gasteiger partial charge in [0, 0.05) is 6.20 Å². The van der Waals surface area contributed by atoms with Crippen molar-refractivity contribution in [2.75, 3.05) is 5.73 Å². The van der Waals surface area contributed by atoms with Crippen LogP contribution in [0, 0.1) is 4.91 Å². The summed E-state index contributed by atoms with van der Waals surface area (Å²) in [7, 11) is 0. The fourth-order valence-electron chi connectivity index (χ4n) is 0.536. The van der Waals surface area contributed by atoms with E-state index in [4.69, 9.17) is 5.73 Å². The van der Waals surface area contributed by atoms with Gasteiger partial charge in [-0.15, -0.1) is 4.91 Å². The Balaban J connectivity index is 3.30. The normalized spacial score (nSPS) is 9.30. The summed E-state index contributed by atoms with van der Waals surface area (Å²) in [4.78, 5) is 13.7. The molecule has 0 aliphatic carbocycles. The van der Waals surface area contributed by atoms with Gasteiger partial charge < -0.3 is 5.73 Å². The number of hydrogen-bond acceptors (Lipinski definition) is 4. The molecule has 1 aromatic rings. The van der Waals surface area contributed by atoms with E-state index in [9.17, 15) is 4.91 Å². The van der Waals surface area contributed by atoms with Crippen molar-refractivity contribution in [3.63, 3.8) is 0 Å². The van der Waals surface area contributed by atoms with Gasteiger partial charge in [0.15, 0.2) is 11.5 Å². The summed E-state index contributed by atoms with van der Waals surface area (Å²) in [5.74, 6) is 0.143. The number of nitroso groups, excluding NO2 is 1. The molecule has 52 valence electrons. The van der Waals surface area contributed by atoms with E-state index >= 15 is 0 Å². The Kier molecular flexibility index (Phi) is 1.96. The fourth-order valence-corrected chi connectivity index (χ4v) is 0.930. The summed E-state index contributed by atoms with van der Waals surface area (Å²) in [6.45, 7) is 0. The smallest absolute Gasteiger partial charge is 0.164 e. The molecule has 4 nitrogen and oxygen atoms in total. The molecule has 1 aromatic heterocycles. The Morgan fingerprint density at radius 2 is 2.40 bits per heavy atom. The molecule has 0 unspecified atom stereocenters. The molecule has 0 radical (unpaired) electrons. The molecule has 0 aliphatic rings. The van der Waals surface area contributed by atoms with Gasteiger partial charge in [0.1, 0.15) is 0 Å². The number of nitrogen functional groups attached to an aromatic ring is 1. The zero-order valence-corrected chi connectivity index (χ0v) is 6.50. The molecule has 0 aromatic carbocycles. The van der Waals surface area contributed by atoms with Crippen LogP contribution >= 0.6 is 15.9 Å². The lowest BCUT2D eigenvalue weighted by molar-refractivity contribution is 1.29. The van der Waals surface area contributed by atoms with Gasteiger partial charge in [0.05, 0.1) is 4.47 Å². The van der Waals surface area contributed by atoms with Crippen molar-refractivity contribution in [2.24, 2.45) is 5.18 Å². The summed E-state index contributed by atoms with van der Waals surface area (Å²) in [5, 5.41) is 2.69. The van der Waals surface area contributed by atoms with Crippen molar-refractivity contribution in [3.8, 4) is 0 Å². The van der Waals surface area contributed by atoms with Crippen LogP contribution in [-0.4, -0.2) is 4.98 Å². The Morgan fingerprint density at radius 1 is 1.70 bits per heavy atom. The predicted octanol–water partition coefficient (Wildman–Crippen LogP) is 1.82. The van der Waals surface area contributed by atoms with Crippen molar-refractivity contribution in [3.05, 3.63) is 21.6 Å². The third-order valence-electron chi connectivity index (χ3n) is 0.995. The van der Waals surface area contributed by atoms with Crippen LogP contribution in [0.5, 0.6) is 0 Å². The average molecular weight is 202 g/mol. The van der Waals surface area contributed by atoms with Crippen molar-refractivity contribution >= 4 is 27.4 Å². The Bertz CT molecular complexity index is 243. The average Bonchev–Trinajstić information content (AvgIpc) is 1.88. The molecule has 1 heterocycles. The minimum absolute atomic E-state index is 0.143. The van der Waals surface area contributed by atoms with Crippen molar-refractivity contribution in [1.29, 1.82) is 0 Å². The van der Waals surface area contributed by atoms with E-state index in [0.29, 0.717) is 4.47 Å². The summed E-state index contributed by atoms with van der Waals surface area (Å²) in [6, 6.07) is 1.60. The second-order valence-corrected chi connectivity index (χ2v) is 2.47. The first kappa shape index (κ1) is 7.14. The first-order chi connectivity index (χ1) is 4.75. The number of anilines is 1. The first-order valence-corrected chi connectivity index (χ1v) is 3.28. The molecule has 1 rings (SSSR count). The maximum Gasteiger partial charge on any atom is 0.164 e. The number of halogens is 1. The highest BCUT2D eigenvalue weighted by Gasteiger charge is 2.03. The van der Waals surface area contributed by atoms with Gasteiger partial charge in [-0.05, 0) is 27.2 Å². The van der Waals surface area contributed by atoms with E-state index in [1.54, 1.807) is 6.07 Å². The fraction of sp³-hybridized carbons (Fsp3) is 0. The number of rotatable bonds is 1. The first-order valence-electron chi connectivity index (χ1n) is 2.49. The summed E-state index contributed by atoms with van der Waals surface area (Å²) < 4.78 is 0.565. The number of aromatic nitrogens is 1. The maximum absolute atomic E-state index is 10.0. The zero-order chi connectivity index (χ0) is 7.56. The van der Waals surface area contributed by atoms with Crippen molar-refractivity contribution in [1.82, 2.24) is 4.98 Å².